The molecule has 1 aromatic heterocycles. The number of esters is 1. The number of carbonyl (C=O) groups excluding carboxylic acids is 1. The molecular formula is C17H18O4. The van der Waals surface area contributed by atoms with Gasteiger partial charge in [0.15, 0.2) is 0 Å². The van der Waals surface area contributed by atoms with Crippen LogP contribution in [0.5, 0.6) is 0 Å². The molecule has 0 N–H and O–H groups in total. The van der Waals surface area contributed by atoms with Crippen molar-refractivity contribution in [3.63, 3.8) is 0 Å². The van der Waals surface area contributed by atoms with E-state index in [1.807, 2.05) is 32.9 Å². The second kappa shape index (κ2) is 6.39. The lowest BCUT2D eigenvalue weighted by Gasteiger charge is -2.09. The van der Waals surface area contributed by atoms with Crippen molar-refractivity contribution in [2.45, 2.75) is 33.8 Å². The topological polar surface area (TPSA) is 56.5 Å². The molecule has 2 rings (SSSR count). The Hall–Kier alpha value is -2.36. The molecule has 0 aliphatic heterocycles. The molecule has 0 saturated carbocycles. The Labute approximate surface area is 123 Å². The molecular weight excluding hydrogens is 268 g/mol. The Morgan fingerprint density at radius 1 is 1.33 bits per heavy atom. The highest BCUT2D eigenvalue weighted by atomic mass is 16.5. The summed E-state index contributed by atoms with van der Waals surface area (Å²) in [5.41, 5.74) is 2.74. The third-order valence-electron chi connectivity index (χ3n) is 3.38. The van der Waals surface area contributed by atoms with Gasteiger partial charge >= 0.3 is 11.6 Å². The molecule has 0 amide bonds. The van der Waals surface area contributed by atoms with Gasteiger partial charge < -0.3 is 9.15 Å². The van der Waals surface area contributed by atoms with E-state index < -0.39 is 11.6 Å². The lowest BCUT2D eigenvalue weighted by atomic mass is 10.0. The first-order chi connectivity index (χ1) is 10.0. The van der Waals surface area contributed by atoms with Crippen LogP contribution in [0.3, 0.4) is 0 Å². The van der Waals surface area contributed by atoms with E-state index in [4.69, 9.17) is 9.15 Å². The van der Waals surface area contributed by atoms with E-state index in [0.29, 0.717) is 11.1 Å². The van der Waals surface area contributed by atoms with Crippen LogP contribution in [-0.4, -0.2) is 5.97 Å². The summed E-state index contributed by atoms with van der Waals surface area (Å²) in [6.45, 7) is 5.85. The van der Waals surface area contributed by atoms with Crippen LogP contribution in [0, 0.1) is 13.8 Å². The highest BCUT2D eigenvalue weighted by Gasteiger charge is 2.10. The van der Waals surface area contributed by atoms with E-state index in [0.717, 1.165) is 22.9 Å². The van der Waals surface area contributed by atoms with E-state index in [-0.39, 0.29) is 6.61 Å². The SMILES string of the molecule is CC/C=C/C(=O)OCc1cc(=O)oc2c(C)c(C)ccc12. The molecule has 0 fully saturated rings. The monoisotopic (exact) mass is 286 g/mol. The number of allylic oxidation sites excluding steroid dienone is 1. The lowest BCUT2D eigenvalue weighted by molar-refractivity contribution is -0.138. The fourth-order valence-corrected chi connectivity index (χ4v) is 2.06. The molecule has 4 nitrogen and oxygen atoms in total. The van der Waals surface area contributed by atoms with Gasteiger partial charge in [-0.1, -0.05) is 25.1 Å². The molecule has 0 aliphatic rings. The van der Waals surface area contributed by atoms with Crippen molar-refractivity contribution >= 4 is 16.9 Å². The van der Waals surface area contributed by atoms with Crippen molar-refractivity contribution in [2.24, 2.45) is 0 Å². The van der Waals surface area contributed by atoms with Crippen molar-refractivity contribution in [3.05, 3.63) is 57.5 Å². The number of ether oxygens (including phenoxy) is 1. The molecule has 4 heteroatoms. The molecule has 0 saturated heterocycles. The summed E-state index contributed by atoms with van der Waals surface area (Å²) in [7, 11) is 0. The van der Waals surface area contributed by atoms with Crippen molar-refractivity contribution in [1.29, 1.82) is 0 Å². The highest BCUT2D eigenvalue weighted by Crippen LogP contribution is 2.23. The maximum atomic E-state index is 11.7. The van der Waals surface area contributed by atoms with Crippen LogP contribution in [-0.2, 0) is 16.1 Å². The first kappa shape index (κ1) is 15.0. The van der Waals surface area contributed by atoms with Crippen molar-refractivity contribution in [3.8, 4) is 0 Å². The van der Waals surface area contributed by atoms with Gasteiger partial charge in [0.2, 0.25) is 0 Å². The number of benzene rings is 1. The predicted octanol–water partition coefficient (Wildman–Crippen LogP) is 3.42. The second-order valence-corrected chi connectivity index (χ2v) is 4.89. The molecule has 0 unspecified atom stereocenters. The van der Waals surface area contributed by atoms with Crippen molar-refractivity contribution < 1.29 is 13.9 Å². The van der Waals surface area contributed by atoms with E-state index in [2.05, 4.69) is 0 Å². The third-order valence-corrected chi connectivity index (χ3v) is 3.38. The van der Waals surface area contributed by atoms with Gasteiger partial charge in [-0.25, -0.2) is 9.59 Å². The van der Waals surface area contributed by atoms with Crippen LogP contribution >= 0.6 is 0 Å². The minimum atomic E-state index is -0.439. The molecule has 1 aromatic carbocycles. The molecule has 21 heavy (non-hydrogen) atoms. The molecule has 110 valence electrons. The molecule has 0 atom stereocenters. The van der Waals surface area contributed by atoms with E-state index in [1.165, 1.54) is 12.1 Å². The Morgan fingerprint density at radius 3 is 2.81 bits per heavy atom. The summed E-state index contributed by atoms with van der Waals surface area (Å²) in [6, 6.07) is 5.21. The van der Waals surface area contributed by atoms with Gasteiger partial charge in [0.25, 0.3) is 0 Å². The average molecular weight is 286 g/mol. The number of fused-ring (bicyclic) bond motifs is 1. The standard InChI is InChI=1S/C17H18O4/c1-4-5-6-15(18)20-10-13-9-16(19)21-17-12(3)11(2)7-8-14(13)17/h5-9H,4,10H2,1-3H3/b6-5+. The Kier molecular flexibility index (Phi) is 4.58. The zero-order chi connectivity index (χ0) is 15.4. The Balaban J connectivity index is 2.36. The van der Waals surface area contributed by atoms with Gasteiger partial charge in [-0.2, -0.15) is 0 Å². The molecule has 1 heterocycles. The summed E-state index contributed by atoms with van der Waals surface area (Å²) < 4.78 is 10.4. The number of rotatable bonds is 4. The first-order valence-electron chi connectivity index (χ1n) is 6.89. The normalized spacial score (nSPS) is 11.2. The Morgan fingerprint density at radius 2 is 2.10 bits per heavy atom. The minimum Gasteiger partial charge on any atom is -0.458 e. The second-order valence-electron chi connectivity index (χ2n) is 4.89. The zero-order valence-corrected chi connectivity index (χ0v) is 12.4. The predicted molar refractivity (Wildman–Crippen MR) is 81.2 cm³/mol. The van der Waals surface area contributed by atoms with E-state index >= 15 is 0 Å². The van der Waals surface area contributed by atoms with E-state index in [1.54, 1.807) is 6.08 Å². The lowest BCUT2D eigenvalue weighted by Crippen LogP contribution is -2.06. The summed E-state index contributed by atoms with van der Waals surface area (Å²) in [6.07, 6.45) is 3.89. The van der Waals surface area contributed by atoms with Crippen molar-refractivity contribution in [1.82, 2.24) is 0 Å². The fraction of sp³-hybridized carbons (Fsp3) is 0.294. The minimum absolute atomic E-state index is 0.0531. The number of carbonyl (C=O) groups is 1. The number of hydrogen-bond acceptors (Lipinski definition) is 4. The molecule has 0 aliphatic carbocycles. The summed E-state index contributed by atoms with van der Waals surface area (Å²) in [4.78, 5) is 23.2. The van der Waals surface area contributed by atoms with Gasteiger partial charge in [0.05, 0.1) is 0 Å². The van der Waals surface area contributed by atoms with Gasteiger partial charge in [0, 0.05) is 23.1 Å². The van der Waals surface area contributed by atoms with Crippen LogP contribution in [0.2, 0.25) is 0 Å². The molecule has 0 spiro atoms. The van der Waals surface area contributed by atoms with Crippen LogP contribution in [0.25, 0.3) is 11.0 Å². The van der Waals surface area contributed by atoms with Gasteiger partial charge in [0.1, 0.15) is 12.2 Å². The molecule has 2 aromatic rings. The third kappa shape index (κ3) is 3.40. The van der Waals surface area contributed by atoms with Crippen LogP contribution in [0.15, 0.2) is 39.6 Å². The zero-order valence-electron chi connectivity index (χ0n) is 12.4. The maximum absolute atomic E-state index is 11.7. The quantitative estimate of drug-likeness (QED) is 0.491. The number of aryl methyl sites for hydroxylation is 2. The van der Waals surface area contributed by atoms with Gasteiger partial charge in [-0.15, -0.1) is 0 Å². The first-order valence-corrected chi connectivity index (χ1v) is 6.89. The number of hydrogen-bond donors (Lipinski definition) is 0. The van der Waals surface area contributed by atoms with Crippen LogP contribution in [0.1, 0.15) is 30.0 Å². The highest BCUT2D eigenvalue weighted by molar-refractivity contribution is 5.85. The van der Waals surface area contributed by atoms with Crippen molar-refractivity contribution in [2.75, 3.05) is 0 Å². The maximum Gasteiger partial charge on any atom is 0.336 e. The smallest absolute Gasteiger partial charge is 0.336 e. The largest absolute Gasteiger partial charge is 0.458 e. The molecule has 0 bridgehead atoms. The van der Waals surface area contributed by atoms with Gasteiger partial charge in [-0.05, 0) is 31.4 Å². The van der Waals surface area contributed by atoms with Crippen LogP contribution in [0.4, 0.5) is 0 Å². The summed E-state index contributed by atoms with van der Waals surface area (Å²) in [5, 5.41) is 0.796. The Bertz CT molecular complexity index is 753. The molecule has 0 radical (unpaired) electrons. The average Bonchev–Trinajstić information content (AvgIpc) is 2.46. The van der Waals surface area contributed by atoms with E-state index in [9.17, 15) is 9.59 Å². The van der Waals surface area contributed by atoms with Crippen LogP contribution < -0.4 is 5.63 Å². The fourth-order valence-electron chi connectivity index (χ4n) is 2.06. The van der Waals surface area contributed by atoms with Gasteiger partial charge in [-0.3, -0.25) is 0 Å². The summed E-state index contributed by atoms with van der Waals surface area (Å²) >= 11 is 0. The summed E-state index contributed by atoms with van der Waals surface area (Å²) in [5.74, 6) is -0.415.